The van der Waals surface area contributed by atoms with E-state index in [1.165, 1.54) is 0 Å². The lowest BCUT2D eigenvalue weighted by atomic mass is 10.3. The van der Waals surface area contributed by atoms with Crippen molar-refractivity contribution in [1.29, 1.82) is 0 Å². The van der Waals surface area contributed by atoms with Gasteiger partial charge in [0.15, 0.2) is 0 Å². The molecule has 44 valence electrons. The van der Waals surface area contributed by atoms with Gasteiger partial charge in [-0.25, -0.2) is 0 Å². The predicted octanol–water partition coefficient (Wildman–Crippen LogP) is 1.61. The van der Waals surface area contributed by atoms with Gasteiger partial charge in [-0.1, -0.05) is 45.2 Å². The molecule has 0 spiro atoms. The topological polar surface area (TPSA) is 20.2 Å². The molecule has 0 aliphatic rings. The molecule has 0 radical (unpaired) electrons. The van der Waals surface area contributed by atoms with Crippen LogP contribution in [0, 0.1) is 0 Å². The molecule has 0 aromatic rings. The van der Waals surface area contributed by atoms with Gasteiger partial charge >= 0.3 is 0 Å². The number of halogens is 2. The largest absolute Gasteiger partial charge is 0.392 e. The summed E-state index contributed by atoms with van der Waals surface area (Å²) in [6.07, 6.45) is 0.862. The van der Waals surface area contributed by atoms with E-state index in [0.29, 0.717) is 0 Å². The summed E-state index contributed by atoms with van der Waals surface area (Å²) in [5.74, 6) is 0. The van der Waals surface area contributed by atoms with Crippen LogP contribution in [0.3, 0.4) is 0 Å². The van der Waals surface area contributed by atoms with Crippen molar-refractivity contribution >= 4 is 45.2 Å². The molecular weight excluding hydrogens is 318 g/mol. The third-order valence-electron chi connectivity index (χ3n) is 0.620. The lowest BCUT2D eigenvalue weighted by Gasteiger charge is -1.99. The van der Waals surface area contributed by atoms with E-state index in [0.717, 1.165) is 15.3 Å². The van der Waals surface area contributed by atoms with Gasteiger partial charge in [-0.3, -0.25) is 0 Å². The second-order valence-electron chi connectivity index (χ2n) is 1.29. The van der Waals surface area contributed by atoms with Crippen molar-refractivity contribution in [2.75, 3.05) is 8.86 Å². The zero-order valence-electron chi connectivity index (χ0n) is 3.90. The van der Waals surface area contributed by atoms with Gasteiger partial charge in [0.2, 0.25) is 0 Å². The third-order valence-corrected chi connectivity index (χ3v) is 2.26. The zero-order chi connectivity index (χ0) is 5.70. The normalized spacial score (nSPS) is 14.1. The molecule has 3 heteroatoms. The van der Waals surface area contributed by atoms with E-state index in [-0.39, 0.29) is 6.10 Å². The quantitative estimate of drug-likeness (QED) is 0.617. The molecule has 0 heterocycles. The fourth-order valence-electron chi connectivity index (χ4n) is 0.203. The Kier molecular flexibility index (Phi) is 6.68. The van der Waals surface area contributed by atoms with Crippen LogP contribution in [0.5, 0.6) is 0 Å². The minimum Gasteiger partial charge on any atom is -0.392 e. The van der Waals surface area contributed by atoms with Gasteiger partial charge in [0.25, 0.3) is 0 Å². The molecule has 1 N–H and O–H groups in total. The molecular formula is C4H8I2O. The van der Waals surface area contributed by atoms with Crippen LogP contribution in [-0.2, 0) is 0 Å². The van der Waals surface area contributed by atoms with Gasteiger partial charge in [0.05, 0.1) is 6.10 Å². The molecule has 0 saturated heterocycles. The van der Waals surface area contributed by atoms with Gasteiger partial charge in [-0.05, 0) is 6.42 Å². The average molecular weight is 326 g/mol. The summed E-state index contributed by atoms with van der Waals surface area (Å²) in [7, 11) is 0. The highest BCUT2D eigenvalue weighted by atomic mass is 127. The van der Waals surface area contributed by atoms with E-state index in [9.17, 15) is 0 Å². The molecule has 1 unspecified atom stereocenters. The van der Waals surface area contributed by atoms with Crippen LogP contribution < -0.4 is 0 Å². The van der Waals surface area contributed by atoms with E-state index in [1.54, 1.807) is 0 Å². The van der Waals surface area contributed by atoms with Crippen molar-refractivity contribution in [1.82, 2.24) is 0 Å². The Balaban J connectivity index is 2.83. The Morgan fingerprint density at radius 3 is 2.14 bits per heavy atom. The van der Waals surface area contributed by atoms with Crippen LogP contribution in [0.2, 0.25) is 0 Å². The summed E-state index contributed by atoms with van der Waals surface area (Å²) in [5, 5.41) is 8.85. The highest BCUT2D eigenvalue weighted by Gasteiger charge is 1.96. The standard InChI is InChI=1S/C4H8I2O/c5-2-1-4(7)3-6/h4,7H,1-3H2. The van der Waals surface area contributed by atoms with Crippen molar-refractivity contribution in [3.8, 4) is 0 Å². The summed E-state index contributed by atoms with van der Waals surface area (Å²) in [6, 6.07) is 0. The Labute approximate surface area is 71.2 Å². The van der Waals surface area contributed by atoms with Crippen molar-refractivity contribution < 1.29 is 5.11 Å². The molecule has 0 bridgehead atoms. The van der Waals surface area contributed by atoms with E-state index in [4.69, 9.17) is 5.11 Å². The number of aliphatic hydroxyl groups excluding tert-OH is 1. The maximum absolute atomic E-state index is 8.85. The molecule has 0 saturated carbocycles. The van der Waals surface area contributed by atoms with Crippen molar-refractivity contribution in [3.63, 3.8) is 0 Å². The van der Waals surface area contributed by atoms with Gasteiger partial charge in [0.1, 0.15) is 0 Å². The first-order chi connectivity index (χ1) is 3.31. The average Bonchev–Trinajstić information content (AvgIpc) is 1.68. The summed E-state index contributed by atoms with van der Waals surface area (Å²) in [4.78, 5) is 0. The molecule has 0 aromatic heterocycles. The van der Waals surface area contributed by atoms with E-state index in [2.05, 4.69) is 45.2 Å². The highest BCUT2D eigenvalue weighted by molar-refractivity contribution is 14.1. The summed E-state index contributed by atoms with van der Waals surface area (Å²) in [5.41, 5.74) is 0. The Hall–Kier alpha value is 1.42. The molecule has 7 heavy (non-hydrogen) atoms. The van der Waals surface area contributed by atoms with Crippen LogP contribution in [0.25, 0.3) is 0 Å². The molecule has 0 fully saturated rings. The Morgan fingerprint density at radius 1 is 1.43 bits per heavy atom. The molecule has 1 atom stereocenters. The van der Waals surface area contributed by atoms with Gasteiger partial charge in [-0.2, -0.15) is 0 Å². The smallest absolute Gasteiger partial charge is 0.0636 e. The Bertz CT molecular complexity index is 40.7. The number of hydrogen-bond acceptors (Lipinski definition) is 1. The first-order valence-electron chi connectivity index (χ1n) is 2.11. The lowest BCUT2D eigenvalue weighted by Crippen LogP contribution is -2.07. The van der Waals surface area contributed by atoms with Gasteiger partial charge < -0.3 is 5.11 Å². The van der Waals surface area contributed by atoms with E-state index in [1.807, 2.05) is 0 Å². The number of alkyl halides is 2. The Morgan fingerprint density at radius 2 is 2.00 bits per heavy atom. The highest BCUT2D eigenvalue weighted by Crippen LogP contribution is 1.98. The van der Waals surface area contributed by atoms with E-state index >= 15 is 0 Å². The van der Waals surface area contributed by atoms with Crippen LogP contribution in [0.1, 0.15) is 6.42 Å². The number of rotatable bonds is 3. The maximum Gasteiger partial charge on any atom is 0.0636 e. The second kappa shape index (κ2) is 5.55. The van der Waals surface area contributed by atoms with Crippen molar-refractivity contribution in [3.05, 3.63) is 0 Å². The molecule has 0 aliphatic carbocycles. The van der Waals surface area contributed by atoms with Crippen LogP contribution in [-0.4, -0.2) is 20.1 Å². The summed E-state index contributed by atoms with van der Waals surface area (Å²) in [6.45, 7) is 0. The van der Waals surface area contributed by atoms with E-state index < -0.39 is 0 Å². The first kappa shape index (κ1) is 8.42. The van der Waals surface area contributed by atoms with Crippen molar-refractivity contribution in [2.45, 2.75) is 12.5 Å². The minimum atomic E-state index is -0.0718. The van der Waals surface area contributed by atoms with Crippen LogP contribution >= 0.6 is 45.2 Å². The molecule has 1 nitrogen and oxygen atoms in total. The number of hydrogen-bond donors (Lipinski definition) is 1. The minimum absolute atomic E-state index is 0.0718. The van der Waals surface area contributed by atoms with Crippen LogP contribution in [0.4, 0.5) is 0 Å². The fourth-order valence-corrected chi connectivity index (χ4v) is 1.36. The second-order valence-corrected chi connectivity index (χ2v) is 3.25. The van der Waals surface area contributed by atoms with Gasteiger partial charge in [-0.15, -0.1) is 0 Å². The SMILES string of the molecule is OC(CI)CCI. The summed E-state index contributed by atoms with van der Waals surface area (Å²) >= 11 is 4.45. The molecule has 0 rings (SSSR count). The van der Waals surface area contributed by atoms with Gasteiger partial charge in [0, 0.05) is 8.86 Å². The van der Waals surface area contributed by atoms with Crippen LogP contribution in [0.15, 0.2) is 0 Å². The monoisotopic (exact) mass is 326 g/mol. The third kappa shape index (κ3) is 5.29. The predicted molar refractivity (Wildman–Crippen MR) is 48.4 cm³/mol. The molecule has 0 amide bonds. The molecule has 0 aromatic carbocycles. The first-order valence-corrected chi connectivity index (χ1v) is 5.16. The number of aliphatic hydroxyl groups is 1. The lowest BCUT2D eigenvalue weighted by molar-refractivity contribution is 0.200. The maximum atomic E-state index is 8.85. The fraction of sp³-hybridized carbons (Fsp3) is 1.00. The zero-order valence-corrected chi connectivity index (χ0v) is 8.22. The van der Waals surface area contributed by atoms with Crippen molar-refractivity contribution in [2.24, 2.45) is 0 Å². The summed E-state index contributed by atoms with van der Waals surface area (Å²) < 4.78 is 1.92. The molecule has 0 aliphatic heterocycles.